The standard InChI is InChI=1S/C15H23NO4S2/c1-4-20-14-6-5-13(9-12(14)2)22(17,18)16-10-15(19-3)7-8-21-11-15/h5-6,9,16H,4,7-8,10-11H2,1-3H3. The second-order valence-electron chi connectivity index (χ2n) is 5.37. The summed E-state index contributed by atoms with van der Waals surface area (Å²) in [5, 5.41) is 0. The summed E-state index contributed by atoms with van der Waals surface area (Å²) in [7, 11) is -1.90. The number of benzene rings is 1. The number of hydrogen-bond donors (Lipinski definition) is 1. The molecule has 1 atom stereocenters. The van der Waals surface area contributed by atoms with E-state index in [4.69, 9.17) is 9.47 Å². The number of methoxy groups -OCH3 is 1. The number of thioether (sulfide) groups is 1. The first-order valence-electron chi connectivity index (χ1n) is 7.28. The fraction of sp³-hybridized carbons (Fsp3) is 0.600. The number of rotatable bonds is 7. The maximum Gasteiger partial charge on any atom is 0.240 e. The summed E-state index contributed by atoms with van der Waals surface area (Å²) in [6.45, 7) is 4.59. The summed E-state index contributed by atoms with van der Waals surface area (Å²) in [5.74, 6) is 2.52. The average molecular weight is 345 g/mol. The average Bonchev–Trinajstić information content (AvgIpc) is 2.97. The first kappa shape index (κ1) is 17.6. The molecule has 124 valence electrons. The van der Waals surface area contributed by atoms with Gasteiger partial charge in [0.1, 0.15) is 5.75 Å². The maximum atomic E-state index is 12.5. The molecule has 5 nitrogen and oxygen atoms in total. The molecule has 1 N–H and O–H groups in total. The molecule has 0 spiro atoms. The lowest BCUT2D eigenvalue weighted by Gasteiger charge is -2.26. The smallest absolute Gasteiger partial charge is 0.240 e. The Hall–Kier alpha value is -0.760. The normalized spacial score (nSPS) is 22.0. The van der Waals surface area contributed by atoms with E-state index in [9.17, 15) is 8.42 Å². The van der Waals surface area contributed by atoms with Crippen LogP contribution < -0.4 is 9.46 Å². The highest BCUT2D eigenvalue weighted by Crippen LogP contribution is 2.30. The van der Waals surface area contributed by atoms with Crippen LogP contribution in [0.1, 0.15) is 18.9 Å². The van der Waals surface area contributed by atoms with Crippen LogP contribution in [0.2, 0.25) is 0 Å². The first-order chi connectivity index (χ1) is 10.4. The molecular weight excluding hydrogens is 322 g/mol. The zero-order valence-electron chi connectivity index (χ0n) is 13.2. The lowest BCUT2D eigenvalue weighted by atomic mass is 10.0. The molecule has 7 heteroatoms. The molecule has 0 bridgehead atoms. The predicted octanol–water partition coefficient (Wildman–Crippen LogP) is 2.19. The minimum Gasteiger partial charge on any atom is -0.494 e. The van der Waals surface area contributed by atoms with Gasteiger partial charge in [-0.3, -0.25) is 0 Å². The number of sulfonamides is 1. The third kappa shape index (κ3) is 3.95. The molecule has 22 heavy (non-hydrogen) atoms. The van der Waals surface area contributed by atoms with E-state index in [1.165, 1.54) is 0 Å². The van der Waals surface area contributed by atoms with Crippen LogP contribution >= 0.6 is 11.8 Å². The fourth-order valence-corrected chi connectivity index (χ4v) is 4.97. The summed E-state index contributed by atoms with van der Waals surface area (Å²) in [5.41, 5.74) is 0.417. The Morgan fingerprint density at radius 2 is 2.18 bits per heavy atom. The molecule has 0 saturated carbocycles. The van der Waals surface area contributed by atoms with E-state index in [2.05, 4.69) is 4.72 Å². The van der Waals surface area contributed by atoms with Gasteiger partial charge in [0.25, 0.3) is 0 Å². The molecule has 1 aliphatic heterocycles. The van der Waals surface area contributed by atoms with Crippen LogP contribution in [0.15, 0.2) is 23.1 Å². The number of ether oxygens (including phenoxy) is 2. The van der Waals surface area contributed by atoms with Crippen molar-refractivity contribution in [2.24, 2.45) is 0 Å². The Labute approximate surface area is 136 Å². The van der Waals surface area contributed by atoms with Gasteiger partial charge in [0.15, 0.2) is 0 Å². The monoisotopic (exact) mass is 345 g/mol. The highest BCUT2D eigenvalue weighted by Gasteiger charge is 2.35. The van der Waals surface area contributed by atoms with Gasteiger partial charge >= 0.3 is 0 Å². The van der Waals surface area contributed by atoms with Crippen LogP contribution in [0.5, 0.6) is 5.75 Å². The molecule has 1 aromatic carbocycles. The molecule has 1 aliphatic rings. The molecule has 2 rings (SSSR count). The van der Waals surface area contributed by atoms with Gasteiger partial charge in [-0.05, 0) is 49.8 Å². The van der Waals surface area contributed by atoms with Gasteiger partial charge < -0.3 is 9.47 Å². The van der Waals surface area contributed by atoms with E-state index >= 15 is 0 Å². The van der Waals surface area contributed by atoms with Crippen molar-refractivity contribution >= 4 is 21.8 Å². The number of nitrogens with one attached hydrogen (secondary N) is 1. The van der Waals surface area contributed by atoms with Crippen molar-refractivity contribution in [3.8, 4) is 5.75 Å². The van der Waals surface area contributed by atoms with Gasteiger partial charge in [-0.1, -0.05) is 0 Å². The fourth-order valence-electron chi connectivity index (χ4n) is 2.38. The van der Waals surface area contributed by atoms with Gasteiger partial charge in [-0.25, -0.2) is 13.1 Å². The Kier molecular flexibility index (Phi) is 5.76. The highest BCUT2D eigenvalue weighted by molar-refractivity contribution is 7.99. The predicted molar refractivity (Wildman–Crippen MR) is 89.2 cm³/mol. The molecular formula is C15H23NO4S2. The van der Waals surface area contributed by atoms with Crippen LogP contribution in [0.25, 0.3) is 0 Å². The molecule has 1 saturated heterocycles. The number of hydrogen-bond acceptors (Lipinski definition) is 5. The second kappa shape index (κ2) is 7.21. The van der Waals surface area contributed by atoms with E-state index in [0.717, 1.165) is 23.5 Å². The van der Waals surface area contributed by atoms with Crippen molar-refractivity contribution in [2.75, 3.05) is 31.8 Å². The molecule has 1 fully saturated rings. The molecule has 1 aromatic rings. The van der Waals surface area contributed by atoms with E-state index < -0.39 is 15.6 Å². The van der Waals surface area contributed by atoms with Crippen LogP contribution in [0, 0.1) is 6.92 Å². The topological polar surface area (TPSA) is 64.6 Å². The van der Waals surface area contributed by atoms with Crippen LogP contribution in [-0.2, 0) is 14.8 Å². The Balaban J connectivity index is 2.11. The largest absolute Gasteiger partial charge is 0.494 e. The van der Waals surface area contributed by atoms with Gasteiger partial charge in [0.05, 0.1) is 17.1 Å². The molecule has 0 aliphatic carbocycles. The molecule has 0 amide bonds. The summed E-state index contributed by atoms with van der Waals surface area (Å²) in [6.07, 6.45) is 0.860. The summed E-state index contributed by atoms with van der Waals surface area (Å²) in [6, 6.07) is 4.91. The number of aryl methyl sites for hydroxylation is 1. The third-order valence-electron chi connectivity index (χ3n) is 3.84. The lowest BCUT2D eigenvalue weighted by molar-refractivity contribution is 0.0179. The van der Waals surface area contributed by atoms with Crippen molar-refractivity contribution in [2.45, 2.75) is 30.8 Å². The zero-order valence-corrected chi connectivity index (χ0v) is 14.9. The van der Waals surface area contributed by atoms with E-state index in [0.29, 0.717) is 18.9 Å². The Morgan fingerprint density at radius 3 is 2.73 bits per heavy atom. The Bertz CT molecular complexity index is 610. The van der Waals surface area contributed by atoms with Crippen molar-refractivity contribution in [3.05, 3.63) is 23.8 Å². The minimum atomic E-state index is -3.54. The van der Waals surface area contributed by atoms with Gasteiger partial charge in [-0.15, -0.1) is 0 Å². The van der Waals surface area contributed by atoms with E-state index in [1.54, 1.807) is 37.1 Å². The molecule has 0 radical (unpaired) electrons. The summed E-state index contributed by atoms with van der Waals surface area (Å²) < 4.78 is 38.6. The molecule has 1 heterocycles. The maximum absolute atomic E-state index is 12.5. The highest BCUT2D eigenvalue weighted by atomic mass is 32.2. The lowest BCUT2D eigenvalue weighted by Crippen LogP contribution is -2.44. The van der Waals surface area contributed by atoms with E-state index in [-0.39, 0.29) is 4.90 Å². The summed E-state index contributed by atoms with van der Waals surface area (Å²) in [4.78, 5) is 0.255. The van der Waals surface area contributed by atoms with Crippen molar-refractivity contribution in [3.63, 3.8) is 0 Å². The third-order valence-corrected chi connectivity index (χ3v) is 6.46. The van der Waals surface area contributed by atoms with Crippen molar-refractivity contribution in [1.82, 2.24) is 4.72 Å². The van der Waals surface area contributed by atoms with Crippen LogP contribution in [0.4, 0.5) is 0 Å². The van der Waals surface area contributed by atoms with E-state index in [1.807, 2.05) is 13.8 Å². The summed E-state index contributed by atoms with van der Waals surface area (Å²) >= 11 is 1.79. The van der Waals surface area contributed by atoms with Gasteiger partial charge in [0, 0.05) is 19.4 Å². The second-order valence-corrected chi connectivity index (χ2v) is 8.25. The minimum absolute atomic E-state index is 0.255. The van der Waals surface area contributed by atoms with Crippen molar-refractivity contribution < 1.29 is 17.9 Å². The molecule has 0 aromatic heterocycles. The van der Waals surface area contributed by atoms with Gasteiger partial charge in [-0.2, -0.15) is 11.8 Å². The SMILES string of the molecule is CCOc1ccc(S(=O)(=O)NCC2(OC)CCSC2)cc1C. The quantitative estimate of drug-likeness (QED) is 0.821. The van der Waals surface area contributed by atoms with Crippen molar-refractivity contribution in [1.29, 1.82) is 0 Å². The first-order valence-corrected chi connectivity index (χ1v) is 9.92. The van der Waals surface area contributed by atoms with Crippen LogP contribution in [0.3, 0.4) is 0 Å². The van der Waals surface area contributed by atoms with Crippen LogP contribution in [-0.4, -0.2) is 45.8 Å². The molecule has 1 unspecified atom stereocenters. The zero-order chi connectivity index (χ0) is 16.2. The Morgan fingerprint density at radius 1 is 1.41 bits per heavy atom. The van der Waals surface area contributed by atoms with Gasteiger partial charge in [0.2, 0.25) is 10.0 Å².